The zero-order valence-electron chi connectivity index (χ0n) is 14.7. The summed E-state index contributed by atoms with van der Waals surface area (Å²) in [5, 5.41) is 0. The van der Waals surface area contributed by atoms with E-state index in [4.69, 9.17) is 0 Å². The fraction of sp³-hybridized carbons (Fsp3) is 1.00. The van der Waals surface area contributed by atoms with Gasteiger partial charge in [-0.2, -0.15) is 0 Å². The molecule has 0 aromatic heterocycles. The molecule has 20 heavy (non-hydrogen) atoms. The number of fused-ring (bicyclic) bond motifs is 1. The highest BCUT2D eigenvalue weighted by Gasteiger charge is 2.39. The third-order valence-electron chi connectivity index (χ3n) is 6.70. The van der Waals surface area contributed by atoms with Crippen molar-refractivity contribution >= 4 is 0 Å². The lowest BCUT2D eigenvalue weighted by molar-refractivity contribution is 0.0392. The Morgan fingerprint density at radius 2 is 1.40 bits per heavy atom. The number of hydrogen-bond acceptors (Lipinski definition) is 0. The average molecular weight is 279 g/mol. The first kappa shape index (κ1) is 16.4. The fourth-order valence-corrected chi connectivity index (χ4v) is 5.32. The molecule has 0 N–H and O–H groups in total. The quantitative estimate of drug-likeness (QED) is 0.510. The van der Waals surface area contributed by atoms with Gasteiger partial charge in [0.1, 0.15) is 0 Å². The Bertz CT molecular complexity index is 280. The average Bonchev–Trinajstić information content (AvgIpc) is 2.37. The van der Waals surface area contributed by atoms with E-state index in [1.807, 2.05) is 0 Å². The predicted molar refractivity (Wildman–Crippen MR) is 89.7 cm³/mol. The lowest BCUT2D eigenvalue weighted by Crippen LogP contribution is -2.37. The normalized spacial score (nSPS) is 44.1. The van der Waals surface area contributed by atoms with Crippen molar-refractivity contribution < 1.29 is 0 Å². The smallest absolute Gasteiger partial charge is 0.0350 e. The van der Waals surface area contributed by atoms with Crippen LogP contribution in [0.2, 0.25) is 0 Å². The molecule has 6 atom stereocenters. The first-order valence-electron chi connectivity index (χ1n) is 9.49. The van der Waals surface area contributed by atoms with Gasteiger partial charge in [0.05, 0.1) is 0 Å². The Hall–Kier alpha value is 0. The molecule has 0 aliphatic heterocycles. The molecule has 0 saturated heterocycles. The second kappa shape index (κ2) is 7.32. The summed E-state index contributed by atoms with van der Waals surface area (Å²) < 4.78 is 0. The lowest BCUT2D eigenvalue weighted by Gasteiger charge is -2.46. The van der Waals surface area contributed by atoms with E-state index in [9.17, 15) is 0 Å². The van der Waals surface area contributed by atoms with E-state index in [-0.39, 0.29) is 0 Å². The zero-order chi connectivity index (χ0) is 14.7. The third-order valence-corrected chi connectivity index (χ3v) is 6.70. The van der Waals surface area contributed by atoms with Gasteiger partial charge in [-0.15, -0.1) is 0 Å². The highest BCUT2D eigenvalue weighted by molar-refractivity contribution is 4.88. The number of rotatable bonds is 1. The van der Waals surface area contributed by atoms with Crippen LogP contribution < -0.4 is 0 Å². The van der Waals surface area contributed by atoms with Crippen LogP contribution in [0.3, 0.4) is 0 Å². The topological polar surface area (TPSA) is 0 Å². The molecule has 0 aromatic rings. The van der Waals surface area contributed by atoms with Crippen LogP contribution in [0.15, 0.2) is 0 Å². The third kappa shape index (κ3) is 4.01. The second-order valence-electron chi connectivity index (χ2n) is 8.74. The van der Waals surface area contributed by atoms with Gasteiger partial charge in [0, 0.05) is 0 Å². The largest absolute Gasteiger partial charge is 0.0625 e. The van der Waals surface area contributed by atoms with Crippen LogP contribution in [-0.2, 0) is 0 Å². The van der Waals surface area contributed by atoms with Crippen LogP contribution in [0.1, 0.15) is 86.0 Å². The Kier molecular flexibility index (Phi) is 5.99. The molecule has 2 rings (SSSR count). The monoisotopic (exact) mass is 278 g/mol. The molecule has 2 saturated carbocycles. The molecule has 0 bridgehead atoms. The van der Waals surface area contributed by atoms with Gasteiger partial charge in [0.15, 0.2) is 0 Å². The Labute approximate surface area is 128 Å². The molecule has 0 radical (unpaired) electrons. The molecular weight excluding hydrogens is 240 g/mol. The highest BCUT2D eigenvalue weighted by atomic mass is 14.4. The summed E-state index contributed by atoms with van der Waals surface area (Å²) in [7, 11) is 0. The maximum Gasteiger partial charge on any atom is -0.0350 e. The van der Waals surface area contributed by atoms with Gasteiger partial charge in [-0.1, -0.05) is 66.7 Å². The molecule has 0 heterocycles. The van der Waals surface area contributed by atoms with Gasteiger partial charge in [0.25, 0.3) is 0 Å². The van der Waals surface area contributed by atoms with Crippen molar-refractivity contribution in [1.82, 2.24) is 0 Å². The molecule has 0 aromatic carbocycles. The van der Waals surface area contributed by atoms with E-state index >= 15 is 0 Å². The summed E-state index contributed by atoms with van der Waals surface area (Å²) in [6, 6.07) is 0. The molecular formula is C20H38. The van der Waals surface area contributed by atoms with E-state index in [0.29, 0.717) is 0 Å². The van der Waals surface area contributed by atoms with Crippen molar-refractivity contribution in [1.29, 1.82) is 0 Å². The van der Waals surface area contributed by atoms with Crippen LogP contribution in [-0.4, -0.2) is 0 Å². The fourth-order valence-electron chi connectivity index (χ4n) is 5.32. The summed E-state index contributed by atoms with van der Waals surface area (Å²) in [6.07, 6.45) is 12.0. The van der Waals surface area contributed by atoms with Crippen LogP contribution in [0.4, 0.5) is 0 Å². The standard InChI is InChI=1S/C20H38/c1-14(2)18-12-10-17(5)19-11-9-15(3)7-6-8-16(4)13-20(18)19/h14-20H,6-13H2,1-5H3. The van der Waals surface area contributed by atoms with Crippen molar-refractivity contribution in [2.45, 2.75) is 86.0 Å². The first-order chi connectivity index (χ1) is 9.49. The maximum atomic E-state index is 2.55. The molecule has 2 aliphatic carbocycles. The molecule has 0 nitrogen and oxygen atoms in total. The molecule has 0 heteroatoms. The van der Waals surface area contributed by atoms with Gasteiger partial charge in [-0.3, -0.25) is 0 Å². The van der Waals surface area contributed by atoms with E-state index in [2.05, 4.69) is 34.6 Å². The van der Waals surface area contributed by atoms with Crippen molar-refractivity contribution in [3.8, 4) is 0 Å². The summed E-state index contributed by atoms with van der Waals surface area (Å²) in [5.41, 5.74) is 0. The molecule has 0 amide bonds. The van der Waals surface area contributed by atoms with E-state index in [1.165, 1.54) is 51.4 Å². The first-order valence-corrected chi connectivity index (χ1v) is 9.49. The van der Waals surface area contributed by atoms with Crippen LogP contribution in [0.25, 0.3) is 0 Å². The Balaban J connectivity index is 2.14. The summed E-state index contributed by atoms with van der Waals surface area (Å²) in [4.78, 5) is 0. The Morgan fingerprint density at radius 3 is 2.10 bits per heavy atom. The lowest BCUT2D eigenvalue weighted by atomic mass is 9.60. The Morgan fingerprint density at radius 1 is 0.700 bits per heavy atom. The molecule has 2 fully saturated rings. The summed E-state index contributed by atoms with van der Waals surface area (Å²) in [5.74, 6) is 6.86. The van der Waals surface area contributed by atoms with Crippen LogP contribution in [0, 0.1) is 41.4 Å². The second-order valence-corrected chi connectivity index (χ2v) is 8.74. The SMILES string of the molecule is CC1CCCC(C)CC2C(C(C)C)CCC(C)C2CC1. The van der Waals surface area contributed by atoms with E-state index in [0.717, 1.165) is 41.4 Å². The molecule has 118 valence electrons. The highest BCUT2D eigenvalue weighted by Crippen LogP contribution is 2.48. The minimum Gasteiger partial charge on any atom is -0.0625 e. The summed E-state index contributed by atoms with van der Waals surface area (Å²) in [6.45, 7) is 12.5. The van der Waals surface area contributed by atoms with Gasteiger partial charge in [-0.25, -0.2) is 0 Å². The van der Waals surface area contributed by atoms with Gasteiger partial charge < -0.3 is 0 Å². The van der Waals surface area contributed by atoms with Gasteiger partial charge in [-0.05, 0) is 60.7 Å². The molecule has 0 spiro atoms. The van der Waals surface area contributed by atoms with E-state index in [1.54, 1.807) is 0 Å². The minimum atomic E-state index is 0.891. The van der Waals surface area contributed by atoms with Crippen molar-refractivity contribution in [3.05, 3.63) is 0 Å². The molecule has 2 aliphatic rings. The molecule has 6 unspecified atom stereocenters. The van der Waals surface area contributed by atoms with E-state index < -0.39 is 0 Å². The minimum absolute atomic E-state index is 0.891. The van der Waals surface area contributed by atoms with Crippen LogP contribution in [0.5, 0.6) is 0 Å². The van der Waals surface area contributed by atoms with Gasteiger partial charge >= 0.3 is 0 Å². The van der Waals surface area contributed by atoms with Crippen molar-refractivity contribution in [3.63, 3.8) is 0 Å². The zero-order valence-corrected chi connectivity index (χ0v) is 14.7. The van der Waals surface area contributed by atoms with Crippen molar-refractivity contribution in [2.75, 3.05) is 0 Å². The maximum absolute atomic E-state index is 2.55. The summed E-state index contributed by atoms with van der Waals surface area (Å²) >= 11 is 0. The van der Waals surface area contributed by atoms with Crippen molar-refractivity contribution in [2.24, 2.45) is 41.4 Å². The van der Waals surface area contributed by atoms with Crippen LogP contribution >= 0.6 is 0 Å². The number of hydrogen-bond donors (Lipinski definition) is 0. The van der Waals surface area contributed by atoms with Gasteiger partial charge in [0.2, 0.25) is 0 Å². The predicted octanol–water partition coefficient (Wildman–Crippen LogP) is 6.55.